The van der Waals surface area contributed by atoms with E-state index in [4.69, 9.17) is 4.74 Å². The number of amides is 1. The lowest BCUT2D eigenvalue weighted by Crippen LogP contribution is -2.49. The van der Waals surface area contributed by atoms with Gasteiger partial charge >= 0.3 is 0 Å². The normalized spacial score (nSPS) is 21.4. The minimum absolute atomic E-state index is 0. The van der Waals surface area contributed by atoms with Crippen LogP contribution in [0, 0.1) is 0 Å². The zero-order valence-electron chi connectivity index (χ0n) is 14.0. The summed E-state index contributed by atoms with van der Waals surface area (Å²) in [6.07, 6.45) is 1.48. The first-order valence-electron chi connectivity index (χ1n) is 8.22. The van der Waals surface area contributed by atoms with E-state index in [1.165, 1.54) is 0 Å². The van der Waals surface area contributed by atoms with Crippen LogP contribution in [0.25, 0.3) is 0 Å². The largest absolute Gasteiger partial charge is 0.496 e. The van der Waals surface area contributed by atoms with Crippen LogP contribution in [0.2, 0.25) is 0 Å². The molecule has 0 aromatic heterocycles. The maximum atomic E-state index is 12.6. The Morgan fingerprint density at radius 1 is 1.33 bits per heavy atom. The Morgan fingerprint density at radius 2 is 2.08 bits per heavy atom. The summed E-state index contributed by atoms with van der Waals surface area (Å²) in [4.78, 5) is 17.2. The van der Waals surface area contributed by atoms with Crippen LogP contribution in [0.4, 0.5) is 0 Å². The Morgan fingerprint density at radius 3 is 2.79 bits per heavy atom. The predicted octanol–water partition coefficient (Wildman–Crippen LogP) is 1.93. The number of carbonyl (C=O) groups excluding carboxylic acids is 1. The number of piperazine rings is 1. The van der Waals surface area contributed by atoms with Crippen LogP contribution in [-0.2, 0) is 11.2 Å². The summed E-state index contributed by atoms with van der Waals surface area (Å²) < 4.78 is 6.35. The highest BCUT2D eigenvalue weighted by molar-refractivity contribution is 9.10. The molecule has 24 heavy (non-hydrogen) atoms. The number of ether oxygens (including phenoxy) is 1. The van der Waals surface area contributed by atoms with E-state index in [9.17, 15) is 4.79 Å². The number of methoxy groups -OCH3 is 1. The van der Waals surface area contributed by atoms with Gasteiger partial charge in [0.1, 0.15) is 5.75 Å². The molecular weight excluding hydrogens is 394 g/mol. The Bertz CT molecular complexity index is 567. The quantitative estimate of drug-likeness (QED) is 0.811. The van der Waals surface area contributed by atoms with Crippen LogP contribution < -0.4 is 10.1 Å². The Labute approximate surface area is 158 Å². The topological polar surface area (TPSA) is 44.8 Å². The van der Waals surface area contributed by atoms with Crippen molar-refractivity contribution in [2.75, 3.05) is 46.4 Å². The van der Waals surface area contributed by atoms with Gasteiger partial charge in [0.25, 0.3) is 0 Å². The molecule has 1 amide bonds. The SMILES string of the molecule is COc1ccc(Br)cc1CC(=O)N1CCC(N2CCNCC2)C1.Cl. The highest BCUT2D eigenvalue weighted by Gasteiger charge is 2.31. The van der Waals surface area contributed by atoms with Gasteiger partial charge in [0, 0.05) is 55.3 Å². The Balaban J connectivity index is 0.00000208. The number of rotatable bonds is 4. The van der Waals surface area contributed by atoms with E-state index < -0.39 is 0 Å². The van der Waals surface area contributed by atoms with E-state index in [-0.39, 0.29) is 18.3 Å². The minimum atomic E-state index is 0. The third-order valence-electron chi connectivity index (χ3n) is 4.77. The van der Waals surface area contributed by atoms with Gasteiger partial charge in [-0.15, -0.1) is 12.4 Å². The standard InChI is InChI=1S/C17H24BrN3O2.ClH/c1-23-16-3-2-14(18)10-13(16)11-17(22)21-7-4-15(12-21)20-8-5-19-6-9-20;/h2-3,10,15,19H,4-9,11-12H2,1H3;1H. The van der Waals surface area contributed by atoms with E-state index in [0.29, 0.717) is 12.5 Å². The van der Waals surface area contributed by atoms with Crippen LogP contribution >= 0.6 is 28.3 Å². The van der Waals surface area contributed by atoms with Crippen molar-refractivity contribution < 1.29 is 9.53 Å². The van der Waals surface area contributed by atoms with E-state index in [2.05, 4.69) is 26.1 Å². The van der Waals surface area contributed by atoms with Crippen molar-refractivity contribution >= 4 is 34.2 Å². The molecule has 5 nitrogen and oxygen atoms in total. The third kappa shape index (κ3) is 4.63. The van der Waals surface area contributed by atoms with E-state index in [1.807, 2.05) is 23.1 Å². The van der Waals surface area contributed by atoms with Crippen LogP contribution in [-0.4, -0.2) is 68.1 Å². The number of benzene rings is 1. The molecule has 0 bridgehead atoms. The number of halogens is 2. The first-order chi connectivity index (χ1) is 11.2. The number of hydrogen-bond acceptors (Lipinski definition) is 4. The molecule has 1 N–H and O–H groups in total. The van der Waals surface area contributed by atoms with Crippen molar-refractivity contribution in [1.82, 2.24) is 15.1 Å². The number of likely N-dealkylation sites (tertiary alicyclic amines) is 1. The minimum Gasteiger partial charge on any atom is -0.496 e. The molecular formula is C17H25BrClN3O2. The second-order valence-corrected chi connectivity index (χ2v) is 7.12. The molecule has 2 aliphatic rings. The summed E-state index contributed by atoms with van der Waals surface area (Å²) in [7, 11) is 1.65. The fourth-order valence-electron chi connectivity index (χ4n) is 3.47. The molecule has 3 rings (SSSR count). The van der Waals surface area contributed by atoms with Crippen molar-refractivity contribution in [3.8, 4) is 5.75 Å². The fourth-order valence-corrected chi connectivity index (χ4v) is 3.88. The number of carbonyl (C=O) groups is 1. The predicted molar refractivity (Wildman–Crippen MR) is 101 cm³/mol. The molecule has 134 valence electrons. The molecule has 2 saturated heterocycles. The van der Waals surface area contributed by atoms with Gasteiger partial charge in [0.05, 0.1) is 13.5 Å². The lowest BCUT2D eigenvalue weighted by Gasteiger charge is -2.32. The Kier molecular flexibility index (Phi) is 7.34. The van der Waals surface area contributed by atoms with Crippen LogP contribution in [0.1, 0.15) is 12.0 Å². The van der Waals surface area contributed by atoms with Crippen molar-refractivity contribution in [1.29, 1.82) is 0 Å². The fraction of sp³-hybridized carbons (Fsp3) is 0.588. The van der Waals surface area contributed by atoms with Gasteiger partial charge in [0.2, 0.25) is 5.91 Å². The third-order valence-corrected chi connectivity index (χ3v) is 5.26. The molecule has 1 unspecified atom stereocenters. The van der Waals surface area contributed by atoms with E-state index in [0.717, 1.165) is 61.5 Å². The summed E-state index contributed by atoms with van der Waals surface area (Å²) in [5.74, 6) is 0.971. The second-order valence-electron chi connectivity index (χ2n) is 6.20. The molecule has 2 fully saturated rings. The van der Waals surface area contributed by atoms with Crippen molar-refractivity contribution in [3.05, 3.63) is 28.2 Å². The van der Waals surface area contributed by atoms with Crippen molar-refractivity contribution in [3.63, 3.8) is 0 Å². The lowest BCUT2D eigenvalue weighted by atomic mass is 10.1. The monoisotopic (exact) mass is 417 g/mol. The molecule has 1 atom stereocenters. The number of nitrogens with zero attached hydrogens (tertiary/aromatic N) is 2. The molecule has 2 aliphatic heterocycles. The summed E-state index contributed by atoms with van der Waals surface area (Å²) in [5.41, 5.74) is 0.942. The second kappa shape index (κ2) is 9.04. The highest BCUT2D eigenvalue weighted by Crippen LogP contribution is 2.25. The van der Waals surface area contributed by atoms with Gasteiger partial charge in [-0.2, -0.15) is 0 Å². The average Bonchev–Trinajstić information content (AvgIpc) is 3.06. The van der Waals surface area contributed by atoms with Crippen LogP contribution in [0.5, 0.6) is 5.75 Å². The number of nitrogens with one attached hydrogen (secondary N) is 1. The van der Waals surface area contributed by atoms with Gasteiger partial charge < -0.3 is 15.0 Å². The van der Waals surface area contributed by atoms with E-state index in [1.54, 1.807) is 7.11 Å². The van der Waals surface area contributed by atoms with Gasteiger partial charge in [-0.25, -0.2) is 0 Å². The van der Waals surface area contributed by atoms with Gasteiger partial charge in [-0.1, -0.05) is 15.9 Å². The van der Waals surface area contributed by atoms with Gasteiger partial charge in [-0.05, 0) is 24.6 Å². The number of hydrogen-bond donors (Lipinski definition) is 1. The average molecular weight is 419 g/mol. The molecule has 0 radical (unpaired) electrons. The zero-order chi connectivity index (χ0) is 16.2. The van der Waals surface area contributed by atoms with Gasteiger partial charge in [-0.3, -0.25) is 9.69 Å². The van der Waals surface area contributed by atoms with Crippen LogP contribution in [0.15, 0.2) is 22.7 Å². The molecule has 0 saturated carbocycles. The molecule has 2 heterocycles. The smallest absolute Gasteiger partial charge is 0.227 e. The molecule has 0 spiro atoms. The molecule has 0 aliphatic carbocycles. The summed E-state index contributed by atoms with van der Waals surface area (Å²) in [5, 5.41) is 3.38. The molecule has 1 aromatic carbocycles. The summed E-state index contributed by atoms with van der Waals surface area (Å²) in [6, 6.07) is 6.33. The van der Waals surface area contributed by atoms with Crippen molar-refractivity contribution in [2.24, 2.45) is 0 Å². The zero-order valence-corrected chi connectivity index (χ0v) is 16.4. The molecule has 7 heteroatoms. The first-order valence-corrected chi connectivity index (χ1v) is 9.01. The maximum absolute atomic E-state index is 12.6. The van der Waals surface area contributed by atoms with Crippen LogP contribution in [0.3, 0.4) is 0 Å². The first kappa shape index (κ1) is 19.5. The van der Waals surface area contributed by atoms with E-state index >= 15 is 0 Å². The van der Waals surface area contributed by atoms with Crippen molar-refractivity contribution in [2.45, 2.75) is 18.9 Å². The summed E-state index contributed by atoms with van der Waals surface area (Å²) in [6.45, 7) is 6.01. The Hall–Kier alpha value is -0.820. The molecule has 1 aromatic rings. The maximum Gasteiger partial charge on any atom is 0.227 e. The van der Waals surface area contributed by atoms with Gasteiger partial charge in [0.15, 0.2) is 0 Å². The summed E-state index contributed by atoms with van der Waals surface area (Å²) >= 11 is 3.47. The lowest BCUT2D eigenvalue weighted by molar-refractivity contribution is -0.129. The highest BCUT2D eigenvalue weighted by atomic mass is 79.9.